The van der Waals surface area contributed by atoms with Gasteiger partial charge in [-0.2, -0.15) is 0 Å². The van der Waals surface area contributed by atoms with Crippen molar-refractivity contribution in [3.8, 4) is 0 Å². The first-order valence-corrected chi connectivity index (χ1v) is 8.48. The predicted octanol–water partition coefficient (Wildman–Crippen LogP) is 2.07. The number of aliphatic hydroxyl groups is 1. The maximum Gasteiger partial charge on any atom is 0.249 e. The van der Waals surface area contributed by atoms with Crippen molar-refractivity contribution in [2.75, 3.05) is 13.2 Å². The molecular formula is C19H19ClN2O3. The number of carbonyl (C=O) groups excluding carboxylic acids is 2. The highest BCUT2D eigenvalue weighted by molar-refractivity contribution is 6.30. The Morgan fingerprint density at radius 3 is 2.60 bits per heavy atom. The van der Waals surface area contributed by atoms with Crippen molar-refractivity contribution in [3.05, 3.63) is 70.2 Å². The number of nitrogens with one attached hydrogen (secondary N) is 1. The normalized spacial score (nSPS) is 16.2. The number of carbonyl (C=O) groups is 2. The van der Waals surface area contributed by atoms with Crippen LogP contribution in [0.15, 0.2) is 48.5 Å². The third-order valence-corrected chi connectivity index (χ3v) is 4.62. The lowest BCUT2D eigenvalue weighted by Crippen LogP contribution is -2.48. The zero-order chi connectivity index (χ0) is 17.8. The SMILES string of the molecule is O=C(NCc1ccc(Cl)cc1)C1c2ccccc2CCN1C(=O)CO. The molecule has 5 nitrogen and oxygen atoms in total. The van der Waals surface area contributed by atoms with Crippen LogP contribution in [-0.2, 0) is 22.6 Å². The van der Waals surface area contributed by atoms with E-state index in [-0.39, 0.29) is 5.91 Å². The van der Waals surface area contributed by atoms with Crippen LogP contribution in [0.1, 0.15) is 22.7 Å². The number of nitrogens with zero attached hydrogens (tertiary/aromatic N) is 1. The van der Waals surface area contributed by atoms with Gasteiger partial charge in [-0.15, -0.1) is 0 Å². The van der Waals surface area contributed by atoms with Crippen molar-refractivity contribution < 1.29 is 14.7 Å². The highest BCUT2D eigenvalue weighted by Crippen LogP contribution is 2.30. The molecule has 3 rings (SSSR count). The Balaban J connectivity index is 1.81. The van der Waals surface area contributed by atoms with Crippen LogP contribution in [-0.4, -0.2) is 35.0 Å². The smallest absolute Gasteiger partial charge is 0.249 e. The second-order valence-corrected chi connectivity index (χ2v) is 6.38. The fourth-order valence-corrected chi connectivity index (χ4v) is 3.22. The van der Waals surface area contributed by atoms with Gasteiger partial charge in [0.2, 0.25) is 11.8 Å². The maximum absolute atomic E-state index is 12.8. The Morgan fingerprint density at radius 1 is 1.16 bits per heavy atom. The number of amides is 2. The summed E-state index contributed by atoms with van der Waals surface area (Å²) in [5.41, 5.74) is 2.78. The molecule has 1 atom stereocenters. The molecule has 2 aromatic carbocycles. The summed E-state index contributed by atoms with van der Waals surface area (Å²) < 4.78 is 0. The zero-order valence-electron chi connectivity index (χ0n) is 13.6. The minimum absolute atomic E-state index is 0.260. The number of aliphatic hydroxyl groups excluding tert-OH is 1. The summed E-state index contributed by atoms with van der Waals surface area (Å²) >= 11 is 5.87. The van der Waals surface area contributed by atoms with Gasteiger partial charge < -0.3 is 15.3 Å². The molecule has 0 spiro atoms. The summed E-state index contributed by atoms with van der Waals surface area (Å²) in [6.07, 6.45) is 0.670. The number of halogens is 1. The van der Waals surface area contributed by atoms with Crippen molar-refractivity contribution in [2.24, 2.45) is 0 Å². The molecule has 1 aliphatic heterocycles. The highest BCUT2D eigenvalue weighted by Gasteiger charge is 2.35. The molecular weight excluding hydrogens is 340 g/mol. The van der Waals surface area contributed by atoms with Crippen molar-refractivity contribution >= 4 is 23.4 Å². The van der Waals surface area contributed by atoms with E-state index in [2.05, 4.69) is 5.32 Å². The quantitative estimate of drug-likeness (QED) is 0.879. The fourth-order valence-electron chi connectivity index (χ4n) is 3.10. The summed E-state index contributed by atoms with van der Waals surface area (Å²) in [6, 6.07) is 14.1. The van der Waals surface area contributed by atoms with Gasteiger partial charge in [-0.1, -0.05) is 48.0 Å². The molecule has 25 heavy (non-hydrogen) atoms. The zero-order valence-corrected chi connectivity index (χ0v) is 14.4. The molecule has 1 aliphatic rings. The molecule has 0 saturated heterocycles. The molecule has 130 valence electrons. The highest BCUT2D eigenvalue weighted by atomic mass is 35.5. The Hall–Kier alpha value is -2.37. The second kappa shape index (κ2) is 7.68. The summed E-state index contributed by atoms with van der Waals surface area (Å²) in [5, 5.41) is 12.7. The Bertz CT molecular complexity index is 776. The van der Waals surface area contributed by atoms with E-state index in [0.29, 0.717) is 24.5 Å². The lowest BCUT2D eigenvalue weighted by Gasteiger charge is -2.36. The standard InChI is InChI=1S/C19H19ClN2O3/c20-15-7-5-13(6-8-15)11-21-19(25)18-16-4-2-1-3-14(16)9-10-22(18)17(24)12-23/h1-8,18,23H,9-12H2,(H,21,25). The van der Waals surface area contributed by atoms with Crippen LogP contribution in [0, 0.1) is 0 Å². The topological polar surface area (TPSA) is 69.6 Å². The van der Waals surface area contributed by atoms with Gasteiger partial charge in [0.1, 0.15) is 12.6 Å². The molecule has 2 N–H and O–H groups in total. The fraction of sp³-hybridized carbons (Fsp3) is 0.263. The maximum atomic E-state index is 12.8. The molecule has 0 aromatic heterocycles. The number of benzene rings is 2. The van der Waals surface area contributed by atoms with Crippen LogP contribution >= 0.6 is 11.6 Å². The number of fused-ring (bicyclic) bond motifs is 1. The van der Waals surface area contributed by atoms with Crippen LogP contribution in [0.2, 0.25) is 5.02 Å². The molecule has 0 aliphatic carbocycles. The van der Waals surface area contributed by atoms with Gasteiger partial charge in [0, 0.05) is 18.1 Å². The third kappa shape index (κ3) is 3.83. The molecule has 2 amide bonds. The van der Waals surface area contributed by atoms with E-state index in [4.69, 9.17) is 11.6 Å². The van der Waals surface area contributed by atoms with E-state index < -0.39 is 18.6 Å². The summed E-state index contributed by atoms with van der Waals surface area (Å²) in [4.78, 5) is 26.3. The minimum Gasteiger partial charge on any atom is -0.387 e. The minimum atomic E-state index is -0.725. The number of hydrogen-bond donors (Lipinski definition) is 2. The second-order valence-electron chi connectivity index (χ2n) is 5.94. The summed E-state index contributed by atoms with van der Waals surface area (Å²) in [6.45, 7) is 0.147. The third-order valence-electron chi connectivity index (χ3n) is 4.37. The average molecular weight is 359 g/mol. The van der Waals surface area contributed by atoms with Crippen LogP contribution in [0.3, 0.4) is 0 Å². The lowest BCUT2D eigenvalue weighted by atomic mass is 9.92. The van der Waals surface area contributed by atoms with E-state index in [1.807, 2.05) is 36.4 Å². The van der Waals surface area contributed by atoms with Gasteiger partial charge >= 0.3 is 0 Å². The van der Waals surface area contributed by atoms with Crippen LogP contribution in [0.4, 0.5) is 0 Å². The number of hydrogen-bond acceptors (Lipinski definition) is 3. The summed E-state index contributed by atoms with van der Waals surface area (Å²) in [7, 11) is 0. The Kier molecular flexibility index (Phi) is 5.36. The van der Waals surface area contributed by atoms with E-state index >= 15 is 0 Å². The molecule has 6 heteroatoms. The largest absolute Gasteiger partial charge is 0.387 e. The van der Waals surface area contributed by atoms with Crippen molar-refractivity contribution in [1.82, 2.24) is 10.2 Å². The molecule has 0 radical (unpaired) electrons. The first-order chi connectivity index (χ1) is 12.1. The Labute approximate surface area is 151 Å². The molecule has 0 saturated carbocycles. The van der Waals surface area contributed by atoms with Crippen LogP contribution in [0.25, 0.3) is 0 Å². The molecule has 1 unspecified atom stereocenters. The van der Waals surface area contributed by atoms with E-state index in [9.17, 15) is 14.7 Å². The van der Waals surface area contributed by atoms with Crippen molar-refractivity contribution in [2.45, 2.75) is 19.0 Å². The van der Waals surface area contributed by atoms with Gasteiger partial charge in [-0.3, -0.25) is 9.59 Å². The first-order valence-electron chi connectivity index (χ1n) is 8.10. The van der Waals surface area contributed by atoms with Gasteiger partial charge in [-0.05, 0) is 35.2 Å². The lowest BCUT2D eigenvalue weighted by molar-refractivity contribution is -0.143. The van der Waals surface area contributed by atoms with Crippen LogP contribution < -0.4 is 5.32 Å². The molecule has 0 fully saturated rings. The van der Waals surface area contributed by atoms with Crippen LogP contribution in [0.5, 0.6) is 0 Å². The molecule has 0 bridgehead atoms. The van der Waals surface area contributed by atoms with Gasteiger partial charge in [0.15, 0.2) is 0 Å². The first kappa shape index (κ1) is 17.5. The molecule has 1 heterocycles. The van der Waals surface area contributed by atoms with E-state index in [0.717, 1.165) is 16.7 Å². The van der Waals surface area contributed by atoms with Crippen molar-refractivity contribution in [3.63, 3.8) is 0 Å². The van der Waals surface area contributed by atoms with E-state index in [1.165, 1.54) is 4.90 Å². The van der Waals surface area contributed by atoms with Gasteiger partial charge in [0.05, 0.1) is 0 Å². The predicted molar refractivity (Wildman–Crippen MR) is 95.0 cm³/mol. The average Bonchev–Trinajstić information content (AvgIpc) is 2.65. The van der Waals surface area contributed by atoms with Gasteiger partial charge in [0.25, 0.3) is 0 Å². The van der Waals surface area contributed by atoms with Crippen molar-refractivity contribution in [1.29, 1.82) is 0 Å². The van der Waals surface area contributed by atoms with Gasteiger partial charge in [-0.25, -0.2) is 0 Å². The molecule has 2 aromatic rings. The number of rotatable bonds is 4. The van der Waals surface area contributed by atoms with E-state index in [1.54, 1.807) is 12.1 Å². The Morgan fingerprint density at radius 2 is 1.88 bits per heavy atom. The summed E-state index contributed by atoms with van der Waals surface area (Å²) in [5.74, 6) is -0.704. The monoisotopic (exact) mass is 358 g/mol.